The second kappa shape index (κ2) is 7.80. The first-order chi connectivity index (χ1) is 13.7. The molecular weight excluding hydrogens is 350 g/mol. The van der Waals surface area contributed by atoms with E-state index < -0.39 is 6.04 Å². The Hall–Kier alpha value is -3.22. The number of nitrogens with zero attached hydrogens (tertiary/aromatic N) is 3. The smallest absolute Gasteiger partial charge is 0.238 e. The van der Waals surface area contributed by atoms with Crippen LogP contribution in [0.3, 0.4) is 0 Å². The van der Waals surface area contributed by atoms with Gasteiger partial charge in [0.15, 0.2) is 0 Å². The Morgan fingerprint density at radius 1 is 1.21 bits per heavy atom. The molecule has 2 aromatic rings. The number of pyridine rings is 1. The third-order valence-corrected chi connectivity index (χ3v) is 5.70. The highest BCUT2D eigenvalue weighted by molar-refractivity contribution is 5.83. The molecule has 4 rings (SSSR count). The number of hydrogen-bond donors (Lipinski definition) is 2. The quantitative estimate of drug-likeness (QED) is 0.840. The summed E-state index contributed by atoms with van der Waals surface area (Å²) in [6.45, 7) is 0. The molecule has 1 aromatic carbocycles. The van der Waals surface area contributed by atoms with Crippen LogP contribution in [0.4, 0.5) is 0 Å². The number of hydrogen-bond acceptors (Lipinski definition) is 5. The maximum Gasteiger partial charge on any atom is 0.238 e. The van der Waals surface area contributed by atoms with E-state index in [2.05, 4.69) is 27.8 Å². The Bertz CT molecular complexity index is 939. The van der Waals surface area contributed by atoms with E-state index in [0.29, 0.717) is 23.9 Å². The lowest BCUT2D eigenvalue weighted by molar-refractivity contribution is -0.124. The first kappa shape index (κ1) is 18.2. The Morgan fingerprint density at radius 2 is 2.04 bits per heavy atom. The number of fused-ring (bicyclic) bond motifs is 2. The fraction of sp³-hybridized carbons (Fsp3) is 0.364. The van der Waals surface area contributed by atoms with Crippen LogP contribution in [0.15, 0.2) is 42.6 Å². The van der Waals surface area contributed by atoms with Crippen LogP contribution in [-0.2, 0) is 11.2 Å². The molecule has 1 aliphatic carbocycles. The zero-order valence-electron chi connectivity index (χ0n) is 15.4. The molecule has 2 fully saturated rings. The second-order valence-corrected chi connectivity index (χ2v) is 7.55. The van der Waals surface area contributed by atoms with Gasteiger partial charge in [0.25, 0.3) is 0 Å². The van der Waals surface area contributed by atoms with E-state index in [1.807, 2.05) is 30.3 Å². The molecule has 4 unspecified atom stereocenters. The minimum Gasteiger partial charge on any atom is -0.339 e. The third-order valence-electron chi connectivity index (χ3n) is 5.70. The van der Waals surface area contributed by atoms with Gasteiger partial charge in [0.2, 0.25) is 5.91 Å². The molecule has 1 saturated heterocycles. The number of nitriles is 2. The van der Waals surface area contributed by atoms with Crippen molar-refractivity contribution in [2.45, 2.75) is 43.8 Å². The van der Waals surface area contributed by atoms with Gasteiger partial charge in [0.05, 0.1) is 23.4 Å². The highest BCUT2D eigenvalue weighted by Gasteiger charge is 2.42. The summed E-state index contributed by atoms with van der Waals surface area (Å²) in [5.41, 5.74) is 3.23. The van der Waals surface area contributed by atoms with Gasteiger partial charge in [-0.1, -0.05) is 24.3 Å². The Kier molecular flexibility index (Phi) is 5.06. The van der Waals surface area contributed by atoms with E-state index in [-0.39, 0.29) is 11.9 Å². The average molecular weight is 371 g/mol. The predicted octanol–water partition coefficient (Wildman–Crippen LogP) is 2.31. The highest BCUT2D eigenvalue weighted by Crippen LogP contribution is 2.35. The Balaban J connectivity index is 1.37. The predicted molar refractivity (Wildman–Crippen MR) is 104 cm³/mol. The van der Waals surface area contributed by atoms with Gasteiger partial charge in [-0.2, -0.15) is 10.5 Å². The first-order valence-electron chi connectivity index (χ1n) is 9.58. The molecule has 140 valence electrons. The molecule has 1 aromatic heterocycles. The van der Waals surface area contributed by atoms with Crippen molar-refractivity contribution < 1.29 is 4.79 Å². The standard InChI is InChI=1S/C22H21N5O/c23-11-15-3-8-20(25-13-15)16-4-1-14(2-5-16)9-19(12-24)27-22(28)21-17-6-7-18(10-17)26-21/h1-5,8,13,17-19,21,26H,6-7,9-10H2,(H,27,28). The first-order valence-corrected chi connectivity index (χ1v) is 9.58. The molecule has 1 saturated carbocycles. The zero-order valence-corrected chi connectivity index (χ0v) is 15.4. The van der Waals surface area contributed by atoms with Gasteiger partial charge in [-0.3, -0.25) is 9.78 Å². The van der Waals surface area contributed by atoms with Gasteiger partial charge in [-0.15, -0.1) is 0 Å². The van der Waals surface area contributed by atoms with E-state index in [4.69, 9.17) is 5.26 Å². The van der Waals surface area contributed by atoms with Crippen molar-refractivity contribution >= 4 is 5.91 Å². The number of amides is 1. The van der Waals surface area contributed by atoms with Crippen molar-refractivity contribution in [1.82, 2.24) is 15.6 Å². The lowest BCUT2D eigenvalue weighted by atomic mass is 9.98. The van der Waals surface area contributed by atoms with Crippen LogP contribution in [0.25, 0.3) is 11.3 Å². The SMILES string of the molecule is N#Cc1ccc(-c2ccc(CC(C#N)NC(=O)C3NC4CCC3C4)cc2)nc1. The van der Waals surface area contributed by atoms with Crippen LogP contribution in [0.1, 0.15) is 30.4 Å². The van der Waals surface area contributed by atoms with Crippen LogP contribution in [0.2, 0.25) is 0 Å². The fourth-order valence-corrected chi connectivity index (χ4v) is 4.22. The largest absolute Gasteiger partial charge is 0.339 e. The lowest BCUT2D eigenvalue weighted by Gasteiger charge is -2.23. The summed E-state index contributed by atoms with van der Waals surface area (Å²) in [5.74, 6) is 0.348. The van der Waals surface area contributed by atoms with Crippen LogP contribution < -0.4 is 10.6 Å². The number of carbonyl (C=O) groups is 1. The number of rotatable bonds is 5. The molecule has 1 aliphatic heterocycles. The van der Waals surface area contributed by atoms with E-state index in [0.717, 1.165) is 36.1 Å². The molecule has 0 spiro atoms. The summed E-state index contributed by atoms with van der Waals surface area (Å²) >= 11 is 0. The van der Waals surface area contributed by atoms with Crippen molar-refractivity contribution in [3.05, 3.63) is 53.7 Å². The number of carbonyl (C=O) groups excluding carboxylic acids is 1. The maximum absolute atomic E-state index is 12.5. The Labute approximate surface area is 164 Å². The molecule has 6 heteroatoms. The molecule has 28 heavy (non-hydrogen) atoms. The van der Waals surface area contributed by atoms with Gasteiger partial charge >= 0.3 is 0 Å². The van der Waals surface area contributed by atoms with E-state index in [9.17, 15) is 10.1 Å². The number of nitrogens with one attached hydrogen (secondary N) is 2. The molecule has 0 radical (unpaired) electrons. The summed E-state index contributed by atoms with van der Waals surface area (Å²) in [4.78, 5) is 16.8. The van der Waals surface area contributed by atoms with Crippen molar-refractivity contribution in [3.8, 4) is 23.4 Å². The summed E-state index contributed by atoms with van der Waals surface area (Å²) in [7, 11) is 0. The fourth-order valence-electron chi connectivity index (χ4n) is 4.22. The van der Waals surface area contributed by atoms with Crippen LogP contribution in [0.5, 0.6) is 0 Å². The Morgan fingerprint density at radius 3 is 2.61 bits per heavy atom. The van der Waals surface area contributed by atoms with E-state index in [1.54, 1.807) is 12.3 Å². The molecule has 1 amide bonds. The minimum absolute atomic E-state index is 0.0582. The van der Waals surface area contributed by atoms with Crippen LogP contribution in [-0.4, -0.2) is 29.0 Å². The summed E-state index contributed by atoms with van der Waals surface area (Å²) in [5, 5.41) is 24.6. The third kappa shape index (κ3) is 3.74. The molecule has 2 aliphatic rings. The van der Waals surface area contributed by atoms with Gasteiger partial charge < -0.3 is 10.6 Å². The summed E-state index contributed by atoms with van der Waals surface area (Å²) in [6, 6.07) is 15.3. The highest BCUT2D eigenvalue weighted by atomic mass is 16.2. The van der Waals surface area contributed by atoms with Crippen molar-refractivity contribution in [2.24, 2.45) is 5.92 Å². The van der Waals surface area contributed by atoms with Crippen molar-refractivity contribution in [2.75, 3.05) is 0 Å². The molecule has 4 atom stereocenters. The van der Waals surface area contributed by atoms with Crippen molar-refractivity contribution in [3.63, 3.8) is 0 Å². The number of aromatic nitrogens is 1. The van der Waals surface area contributed by atoms with Crippen molar-refractivity contribution in [1.29, 1.82) is 10.5 Å². The monoisotopic (exact) mass is 371 g/mol. The van der Waals surface area contributed by atoms with Gasteiger partial charge in [-0.25, -0.2) is 0 Å². The molecule has 6 nitrogen and oxygen atoms in total. The van der Waals surface area contributed by atoms with E-state index in [1.165, 1.54) is 0 Å². The maximum atomic E-state index is 12.5. The summed E-state index contributed by atoms with van der Waals surface area (Å²) < 4.78 is 0. The van der Waals surface area contributed by atoms with Gasteiger partial charge in [-0.05, 0) is 42.9 Å². The number of piperidine rings is 1. The lowest BCUT2D eigenvalue weighted by Crippen LogP contribution is -2.50. The topological polar surface area (TPSA) is 102 Å². The molecular formula is C22H21N5O. The zero-order chi connectivity index (χ0) is 19.5. The van der Waals surface area contributed by atoms with Crippen LogP contribution in [0, 0.1) is 28.6 Å². The average Bonchev–Trinajstić information content (AvgIpc) is 3.37. The summed E-state index contributed by atoms with van der Waals surface area (Å²) in [6.07, 6.45) is 5.33. The van der Waals surface area contributed by atoms with Crippen LogP contribution >= 0.6 is 0 Å². The normalized spacial score (nSPS) is 23.6. The van der Waals surface area contributed by atoms with E-state index >= 15 is 0 Å². The number of benzene rings is 1. The second-order valence-electron chi connectivity index (χ2n) is 7.55. The molecule has 2 heterocycles. The van der Waals surface area contributed by atoms with Gasteiger partial charge in [0.1, 0.15) is 12.1 Å². The van der Waals surface area contributed by atoms with Gasteiger partial charge in [0, 0.05) is 24.2 Å². The minimum atomic E-state index is -0.549. The molecule has 2 N–H and O–H groups in total. The molecule has 2 bridgehead atoms.